The van der Waals surface area contributed by atoms with Crippen LogP contribution in [0.4, 0.5) is 5.69 Å². The first-order chi connectivity index (χ1) is 8.40. The third kappa shape index (κ3) is 4.30. The maximum Gasteiger partial charge on any atom is 0.226 e. The normalized spacial score (nSPS) is 10.8. The lowest BCUT2D eigenvalue weighted by Gasteiger charge is -2.10. The number of amides is 1. The average Bonchev–Trinajstić information content (AvgIpc) is 2.28. The number of benzene rings is 1. The van der Waals surface area contributed by atoms with Crippen molar-refractivity contribution >= 4 is 17.4 Å². The highest BCUT2D eigenvalue weighted by Crippen LogP contribution is 2.11. The van der Waals surface area contributed by atoms with Crippen LogP contribution in [0.25, 0.3) is 0 Å². The zero-order valence-corrected chi connectivity index (χ0v) is 11.4. The van der Waals surface area contributed by atoms with Gasteiger partial charge in [0.25, 0.3) is 0 Å². The van der Waals surface area contributed by atoms with Crippen LogP contribution in [0, 0.1) is 5.92 Å². The topological polar surface area (TPSA) is 49.4 Å². The van der Waals surface area contributed by atoms with Gasteiger partial charge >= 0.3 is 0 Å². The first kappa shape index (κ1) is 14.4. The van der Waals surface area contributed by atoms with Gasteiger partial charge in [-0.3, -0.25) is 9.59 Å². The van der Waals surface area contributed by atoms with Gasteiger partial charge in [0.2, 0.25) is 5.91 Å². The number of anilines is 1. The molecule has 1 amide bonds. The fourth-order valence-electron chi connectivity index (χ4n) is 1.40. The lowest BCUT2D eigenvalue weighted by Crippen LogP contribution is -2.21. The van der Waals surface area contributed by atoms with E-state index in [1.165, 1.54) is 0 Å². The van der Waals surface area contributed by atoms with E-state index in [0.29, 0.717) is 12.1 Å². The number of rotatable bonds is 5. The van der Waals surface area contributed by atoms with Crippen molar-refractivity contribution in [2.24, 2.45) is 5.92 Å². The molecule has 0 aliphatic heterocycles. The molecule has 0 saturated carbocycles. The molecule has 0 heterocycles. The monoisotopic (exact) mass is 248 g/mol. The number of hydrogen-bond acceptors (Lipinski definition) is 3. The van der Waals surface area contributed by atoms with E-state index in [-0.39, 0.29) is 17.6 Å². The minimum atomic E-state index is -0.0555. The summed E-state index contributed by atoms with van der Waals surface area (Å²) in [5, 5.41) is 2.79. The first-order valence-corrected chi connectivity index (χ1v) is 5.99. The van der Waals surface area contributed by atoms with Crippen molar-refractivity contribution in [1.29, 1.82) is 0 Å². The van der Waals surface area contributed by atoms with Gasteiger partial charge in [0.15, 0.2) is 5.78 Å². The summed E-state index contributed by atoms with van der Waals surface area (Å²) in [7, 11) is 3.71. The van der Waals surface area contributed by atoms with E-state index >= 15 is 0 Å². The Morgan fingerprint density at radius 1 is 1.17 bits per heavy atom. The number of carbonyl (C=O) groups excluding carboxylic acids is 2. The summed E-state index contributed by atoms with van der Waals surface area (Å²) in [6, 6.07) is 6.98. The van der Waals surface area contributed by atoms with Gasteiger partial charge in [-0.15, -0.1) is 0 Å². The second kappa shape index (κ2) is 6.31. The largest absolute Gasteiger partial charge is 0.326 e. The van der Waals surface area contributed by atoms with E-state index < -0.39 is 0 Å². The number of Topliss-reactive ketones (excluding diaryl/α,β-unsaturated/α-hetero) is 1. The third-order valence-electron chi connectivity index (χ3n) is 2.46. The Bertz CT molecular complexity index is 422. The van der Waals surface area contributed by atoms with Gasteiger partial charge in [0, 0.05) is 17.2 Å². The number of nitrogens with one attached hydrogen (secondary N) is 1. The van der Waals surface area contributed by atoms with Gasteiger partial charge in [0.1, 0.15) is 0 Å². The van der Waals surface area contributed by atoms with Crippen LogP contribution in [0.2, 0.25) is 0 Å². The highest BCUT2D eigenvalue weighted by atomic mass is 16.1. The molecule has 1 aromatic carbocycles. The summed E-state index contributed by atoms with van der Waals surface area (Å²) >= 11 is 0. The Morgan fingerprint density at radius 3 is 2.17 bits per heavy atom. The zero-order valence-electron chi connectivity index (χ0n) is 11.4. The van der Waals surface area contributed by atoms with Gasteiger partial charge < -0.3 is 10.2 Å². The fourth-order valence-corrected chi connectivity index (χ4v) is 1.40. The predicted molar refractivity (Wildman–Crippen MR) is 72.8 cm³/mol. The quantitative estimate of drug-likeness (QED) is 0.811. The highest BCUT2D eigenvalue weighted by molar-refractivity contribution is 5.98. The second-order valence-corrected chi connectivity index (χ2v) is 4.88. The van der Waals surface area contributed by atoms with E-state index in [4.69, 9.17) is 0 Å². The predicted octanol–water partition coefficient (Wildman–Crippen LogP) is 2.03. The molecule has 1 N–H and O–H groups in total. The Hall–Kier alpha value is -1.68. The minimum Gasteiger partial charge on any atom is -0.326 e. The van der Waals surface area contributed by atoms with Crippen molar-refractivity contribution < 1.29 is 9.59 Å². The van der Waals surface area contributed by atoms with Crippen LogP contribution in [0.5, 0.6) is 0 Å². The molecule has 0 aliphatic carbocycles. The summed E-state index contributed by atoms with van der Waals surface area (Å²) in [6.07, 6.45) is 0. The van der Waals surface area contributed by atoms with Crippen LogP contribution in [-0.4, -0.2) is 37.2 Å². The standard InChI is InChI=1S/C14H20N2O2/c1-10(2)14(18)15-12-7-5-11(6-8-12)13(17)9-16(3)4/h5-8,10H,9H2,1-4H3,(H,15,18). The zero-order chi connectivity index (χ0) is 13.7. The van der Waals surface area contributed by atoms with E-state index in [9.17, 15) is 9.59 Å². The summed E-state index contributed by atoms with van der Waals surface area (Å²) in [6.45, 7) is 4.06. The maximum atomic E-state index is 11.8. The minimum absolute atomic E-state index is 0.0256. The van der Waals surface area contributed by atoms with Crippen molar-refractivity contribution in [2.45, 2.75) is 13.8 Å². The van der Waals surface area contributed by atoms with Gasteiger partial charge in [-0.1, -0.05) is 13.8 Å². The number of hydrogen-bond donors (Lipinski definition) is 1. The summed E-state index contributed by atoms with van der Waals surface area (Å²) < 4.78 is 0. The molecule has 98 valence electrons. The number of ketones is 1. The van der Waals surface area contributed by atoms with E-state index in [0.717, 1.165) is 5.69 Å². The van der Waals surface area contributed by atoms with Gasteiger partial charge in [-0.25, -0.2) is 0 Å². The van der Waals surface area contributed by atoms with Crippen LogP contribution in [0.1, 0.15) is 24.2 Å². The van der Waals surface area contributed by atoms with Crippen LogP contribution in [0.3, 0.4) is 0 Å². The molecule has 0 aliphatic rings. The van der Waals surface area contributed by atoms with Crippen molar-refractivity contribution in [2.75, 3.05) is 26.0 Å². The van der Waals surface area contributed by atoms with Crippen LogP contribution >= 0.6 is 0 Å². The SMILES string of the molecule is CC(C)C(=O)Nc1ccc(C(=O)CN(C)C)cc1. The molecule has 18 heavy (non-hydrogen) atoms. The Kier molecular flexibility index (Phi) is 5.04. The molecule has 0 bridgehead atoms. The van der Waals surface area contributed by atoms with E-state index in [1.54, 1.807) is 24.3 Å². The van der Waals surface area contributed by atoms with Gasteiger partial charge in [-0.05, 0) is 38.4 Å². The lowest BCUT2D eigenvalue weighted by atomic mass is 10.1. The van der Waals surface area contributed by atoms with Crippen molar-refractivity contribution in [3.63, 3.8) is 0 Å². The van der Waals surface area contributed by atoms with Crippen LogP contribution in [0.15, 0.2) is 24.3 Å². The van der Waals surface area contributed by atoms with Gasteiger partial charge in [-0.2, -0.15) is 0 Å². The highest BCUT2D eigenvalue weighted by Gasteiger charge is 2.09. The molecule has 0 aromatic heterocycles. The smallest absolute Gasteiger partial charge is 0.226 e. The molecular weight excluding hydrogens is 228 g/mol. The molecule has 4 nitrogen and oxygen atoms in total. The van der Waals surface area contributed by atoms with E-state index in [1.807, 2.05) is 32.8 Å². The maximum absolute atomic E-state index is 11.8. The summed E-state index contributed by atoms with van der Waals surface area (Å²) in [5.41, 5.74) is 1.38. The molecular formula is C14H20N2O2. The molecule has 0 spiro atoms. The molecule has 0 atom stereocenters. The molecule has 4 heteroatoms. The molecule has 0 fully saturated rings. The van der Waals surface area contributed by atoms with Gasteiger partial charge in [0.05, 0.1) is 6.54 Å². The third-order valence-corrected chi connectivity index (χ3v) is 2.46. The summed E-state index contributed by atoms with van der Waals surface area (Å²) in [5.74, 6) is -0.0100. The number of nitrogens with zero attached hydrogens (tertiary/aromatic N) is 1. The molecule has 0 unspecified atom stereocenters. The number of likely N-dealkylation sites (N-methyl/N-ethyl adjacent to an activating group) is 1. The fraction of sp³-hybridized carbons (Fsp3) is 0.429. The Labute approximate surface area is 108 Å². The summed E-state index contributed by atoms with van der Waals surface area (Å²) in [4.78, 5) is 25.1. The lowest BCUT2D eigenvalue weighted by molar-refractivity contribution is -0.118. The van der Waals surface area contributed by atoms with E-state index in [2.05, 4.69) is 5.32 Å². The van der Waals surface area contributed by atoms with Crippen molar-refractivity contribution in [3.8, 4) is 0 Å². The second-order valence-electron chi connectivity index (χ2n) is 4.88. The first-order valence-electron chi connectivity index (χ1n) is 5.99. The Balaban J connectivity index is 2.68. The number of carbonyl (C=O) groups is 2. The van der Waals surface area contributed by atoms with Crippen molar-refractivity contribution in [3.05, 3.63) is 29.8 Å². The van der Waals surface area contributed by atoms with Crippen molar-refractivity contribution in [1.82, 2.24) is 4.90 Å². The van der Waals surface area contributed by atoms with Crippen LogP contribution in [-0.2, 0) is 4.79 Å². The Morgan fingerprint density at radius 2 is 1.72 bits per heavy atom. The molecule has 1 aromatic rings. The molecule has 0 radical (unpaired) electrons. The average molecular weight is 248 g/mol. The molecule has 1 rings (SSSR count). The molecule has 0 saturated heterocycles. The van der Waals surface area contributed by atoms with Crippen LogP contribution < -0.4 is 5.32 Å².